The number of rotatable bonds is 7. The second kappa shape index (κ2) is 10.7. The summed E-state index contributed by atoms with van der Waals surface area (Å²) in [6.45, 7) is 2.44. The smallest absolute Gasteiger partial charge is 0.271 e. The normalized spacial score (nSPS) is 10.9. The maximum atomic E-state index is 12.2. The Hall–Kier alpha value is -2.54. The highest BCUT2D eigenvalue weighted by molar-refractivity contribution is 9.10. The van der Waals surface area contributed by atoms with E-state index in [1.165, 1.54) is 17.8 Å². The van der Waals surface area contributed by atoms with E-state index < -0.39 is 5.91 Å². The van der Waals surface area contributed by atoms with Crippen LogP contribution in [-0.2, 0) is 6.61 Å². The zero-order valence-electron chi connectivity index (χ0n) is 16.8. The number of nitrogens with one attached hydrogen (secondary N) is 1. The second-order valence-electron chi connectivity index (χ2n) is 6.64. The molecule has 0 bridgehead atoms. The van der Waals surface area contributed by atoms with Gasteiger partial charge < -0.3 is 9.47 Å². The van der Waals surface area contributed by atoms with Crippen LogP contribution >= 0.6 is 39.1 Å². The van der Waals surface area contributed by atoms with Gasteiger partial charge in [0.25, 0.3) is 5.91 Å². The maximum Gasteiger partial charge on any atom is 0.271 e. The molecule has 0 saturated heterocycles. The third-order valence-corrected chi connectivity index (χ3v) is 5.65. The summed E-state index contributed by atoms with van der Waals surface area (Å²) in [5.41, 5.74) is 5.76. The van der Waals surface area contributed by atoms with Crippen LogP contribution in [0.3, 0.4) is 0 Å². The molecule has 0 saturated carbocycles. The van der Waals surface area contributed by atoms with Crippen LogP contribution in [0.15, 0.2) is 64.2 Å². The fourth-order valence-corrected chi connectivity index (χ4v) is 3.53. The van der Waals surface area contributed by atoms with E-state index >= 15 is 0 Å². The van der Waals surface area contributed by atoms with Crippen molar-refractivity contribution in [2.24, 2.45) is 5.10 Å². The van der Waals surface area contributed by atoms with Crippen molar-refractivity contribution < 1.29 is 14.3 Å². The highest BCUT2D eigenvalue weighted by atomic mass is 79.9. The molecule has 0 aliphatic rings. The van der Waals surface area contributed by atoms with Gasteiger partial charge in [-0.25, -0.2) is 5.43 Å². The molecule has 0 fully saturated rings. The first kappa shape index (κ1) is 23.1. The van der Waals surface area contributed by atoms with E-state index in [0.717, 1.165) is 5.56 Å². The SMILES string of the molecule is COc1cc(/C=N\NC(=O)c2ccc(Cl)c(Cl)c2)cc(Br)c1OCc1ccc(C)cc1. The fraction of sp³-hybridized carbons (Fsp3) is 0.130. The molecule has 0 heterocycles. The van der Waals surface area contributed by atoms with Gasteiger partial charge in [0.1, 0.15) is 6.61 Å². The van der Waals surface area contributed by atoms with Crippen molar-refractivity contribution in [3.8, 4) is 11.5 Å². The van der Waals surface area contributed by atoms with Gasteiger partial charge in [-0.05, 0) is 64.3 Å². The molecule has 31 heavy (non-hydrogen) atoms. The summed E-state index contributed by atoms with van der Waals surface area (Å²) >= 11 is 15.3. The summed E-state index contributed by atoms with van der Waals surface area (Å²) in [6, 6.07) is 16.3. The summed E-state index contributed by atoms with van der Waals surface area (Å²) in [4.78, 5) is 12.2. The Morgan fingerprint density at radius 1 is 1.10 bits per heavy atom. The van der Waals surface area contributed by atoms with Gasteiger partial charge in [0.2, 0.25) is 0 Å². The lowest BCUT2D eigenvalue weighted by Crippen LogP contribution is -2.17. The topological polar surface area (TPSA) is 59.9 Å². The number of methoxy groups -OCH3 is 1. The fourth-order valence-electron chi connectivity index (χ4n) is 2.66. The third kappa shape index (κ3) is 6.23. The standard InChI is InChI=1S/C23H19BrCl2N2O3/c1-14-3-5-15(6-4-14)13-31-22-18(24)9-16(10-21(22)30-2)12-27-28-23(29)17-7-8-19(25)20(26)11-17/h3-12H,13H2,1-2H3,(H,28,29)/b27-12-. The summed E-state index contributed by atoms with van der Waals surface area (Å²) in [5, 5.41) is 4.68. The number of halogens is 3. The molecule has 8 heteroatoms. The van der Waals surface area contributed by atoms with E-state index in [1.54, 1.807) is 25.3 Å². The number of hydrogen-bond donors (Lipinski definition) is 1. The Morgan fingerprint density at radius 3 is 2.52 bits per heavy atom. The predicted molar refractivity (Wildman–Crippen MR) is 128 cm³/mol. The molecule has 0 unspecified atom stereocenters. The molecule has 0 atom stereocenters. The van der Waals surface area contributed by atoms with Crippen LogP contribution < -0.4 is 14.9 Å². The van der Waals surface area contributed by atoms with Gasteiger partial charge in [0.15, 0.2) is 11.5 Å². The van der Waals surface area contributed by atoms with Crippen LogP contribution in [0, 0.1) is 6.92 Å². The number of hydrogen-bond acceptors (Lipinski definition) is 4. The number of benzene rings is 3. The Labute approximate surface area is 199 Å². The van der Waals surface area contributed by atoms with E-state index in [1.807, 2.05) is 37.3 Å². The van der Waals surface area contributed by atoms with Gasteiger partial charge in [0.05, 0.1) is 27.8 Å². The van der Waals surface area contributed by atoms with Crippen molar-refractivity contribution in [2.45, 2.75) is 13.5 Å². The Kier molecular flexibility index (Phi) is 7.96. The predicted octanol–water partition coefficient (Wildman–Crippen LogP) is 6.42. The zero-order chi connectivity index (χ0) is 22.4. The molecule has 3 aromatic carbocycles. The molecular formula is C23H19BrCl2N2O3. The van der Waals surface area contributed by atoms with Crippen LogP contribution in [0.5, 0.6) is 11.5 Å². The summed E-state index contributed by atoms with van der Waals surface area (Å²) < 4.78 is 12.1. The van der Waals surface area contributed by atoms with Gasteiger partial charge in [-0.2, -0.15) is 5.10 Å². The highest BCUT2D eigenvalue weighted by Crippen LogP contribution is 2.36. The minimum Gasteiger partial charge on any atom is -0.493 e. The van der Waals surface area contributed by atoms with E-state index in [4.69, 9.17) is 32.7 Å². The van der Waals surface area contributed by atoms with Gasteiger partial charge in [-0.15, -0.1) is 0 Å². The van der Waals surface area contributed by atoms with Gasteiger partial charge >= 0.3 is 0 Å². The quantitative estimate of drug-likeness (QED) is 0.288. The molecule has 0 spiro atoms. The number of carbonyl (C=O) groups is 1. The maximum absolute atomic E-state index is 12.2. The summed E-state index contributed by atoms with van der Waals surface area (Å²) in [5.74, 6) is 0.720. The van der Waals surface area contributed by atoms with Crippen LogP contribution in [0.4, 0.5) is 0 Å². The monoisotopic (exact) mass is 520 g/mol. The van der Waals surface area contributed by atoms with Crippen molar-refractivity contribution in [1.82, 2.24) is 5.43 Å². The average Bonchev–Trinajstić information content (AvgIpc) is 2.75. The first-order chi connectivity index (χ1) is 14.9. The number of carbonyl (C=O) groups excluding carboxylic acids is 1. The van der Waals surface area contributed by atoms with E-state index in [0.29, 0.717) is 43.8 Å². The van der Waals surface area contributed by atoms with Crippen LogP contribution in [0.1, 0.15) is 27.0 Å². The summed E-state index contributed by atoms with van der Waals surface area (Å²) in [7, 11) is 1.56. The lowest BCUT2D eigenvalue weighted by Gasteiger charge is -2.13. The van der Waals surface area contributed by atoms with Crippen molar-refractivity contribution in [1.29, 1.82) is 0 Å². The Morgan fingerprint density at radius 2 is 1.84 bits per heavy atom. The minimum absolute atomic E-state index is 0.299. The van der Waals surface area contributed by atoms with Crippen LogP contribution in [0.25, 0.3) is 0 Å². The van der Waals surface area contributed by atoms with E-state index in [-0.39, 0.29) is 0 Å². The molecule has 160 valence electrons. The first-order valence-electron chi connectivity index (χ1n) is 9.21. The van der Waals surface area contributed by atoms with Crippen LogP contribution in [-0.4, -0.2) is 19.2 Å². The second-order valence-corrected chi connectivity index (χ2v) is 8.31. The number of ether oxygens (including phenoxy) is 2. The van der Waals surface area contributed by atoms with Crippen molar-refractivity contribution in [3.63, 3.8) is 0 Å². The first-order valence-corrected chi connectivity index (χ1v) is 10.8. The lowest BCUT2D eigenvalue weighted by atomic mass is 10.2. The molecule has 1 N–H and O–H groups in total. The number of aryl methyl sites for hydroxylation is 1. The summed E-state index contributed by atoms with van der Waals surface area (Å²) in [6.07, 6.45) is 1.51. The molecular weight excluding hydrogens is 503 g/mol. The van der Waals surface area contributed by atoms with Crippen LogP contribution in [0.2, 0.25) is 10.0 Å². The average molecular weight is 522 g/mol. The number of nitrogens with zero attached hydrogens (tertiary/aromatic N) is 1. The zero-order valence-corrected chi connectivity index (χ0v) is 19.9. The van der Waals surface area contributed by atoms with Gasteiger partial charge in [0, 0.05) is 5.56 Å². The molecule has 0 radical (unpaired) electrons. The molecule has 1 amide bonds. The van der Waals surface area contributed by atoms with Gasteiger partial charge in [-0.1, -0.05) is 53.0 Å². The molecule has 5 nitrogen and oxygen atoms in total. The molecule has 3 rings (SSSR count). The van der Waals surface area contributed by atoms with E-state index in [9.17, 15) is 4.79 Å². The highest BCUT2D eigenvalue weighted by Gasteiger charge is 2.12. The largest absolute Gasteiger partial charge is 0.493 e. The van der Waals surface area contributed by atoms with E-state index in [2.05, 4.69) is 26.5 Å². The number of hydrazone groups is 1. The molecule has 0 aromatic heterocycles. The number of amides is 1. The molecule has 0 aliphatic carbocycles. The minimum atomic E-state index is -0.404. The Balaban J connectivity index is 1.69. The molecule has 3 aromatic rings. The molecule has 0 aliphatic heterocycles. The third-order valence-electron chi connectivity index (χ3n) is 4.32. The van der Waals surface area contributed by atoms with Crippen molar-refractivity contribution >= 4 is 51.3 Å². The van der Waals surface area contributed by atoms with Gasteiger partial charge in [-0.3, -0.25) is 4.79 Å². The van der Waals surface area contributed by atoms with Crippen molar-refractivity contribution in [3.05, 3.63) is 91.4 Å². The van der Waals surface area contributed by atoms with Crippen molar-refractivity contribution in [2.75, 3.05) is 7.11 Å². The lowest BCUT2D eigenvalue weighted by molar-refractivity contribution is 0.0955. The Bertz CT molecular complexity index is 1120.